The van der Waals surface area contributed by atoms with Gasteiger partial charge in [-0.3, -0.25) is 4.79 Å². The van der Waals surface area contributed by atoms with Gasteiger partial charge in [-0.1, -0.05) is 48.5 Å². The molecular weight excluding hydrogens is 350 g/mol. The summed E-state index contributed by atoms with van der Waals surface area (Å²) in [5.74, 6) is 0.401. The largest absolute Gasteiger partial charge is 0.353 e. The summed E-state index contributed by atoms with van der Waals surface area (Å²) >= 11 is 3.08. The van der Waals surface area contributed by atoms with Crippen LogP contribution in [0.5, 0.6) is 0 Å². The van der Waals surface area contributed by atoms with E-state index in [-0.39, 0.29) is 11.9 Å². The molecule has 25 heavy (non-hydrogen) atoms. The third kappa shape index (κ3) is 4.19. The van der Waals surface area contributed by atoms with Gasteiger partial charge in [-0.05, 0) is 25.8 Å². The molecule has 0 unspecified atom stereocenters. The smallest absolute Gasteiger partial charge is 0.230 e. The van der Waals surface area contributed by atoms with Crippen molar-refractivity contribution in [3.63, 3.8) is 0 Å². The Labute approximate surface area is 156 Å². The molecule has 6 heteroatoms. The standard InChI is InChI=1S/C19H21N3OS2/c1-4-13(3)22-16(23)10-25-19-17-15(9-24-18(17)20-11-21-19)14-7-5-12(2)6-8-14/h5-9,11,13H,4,10H2,1-3H3,(H,22,23)/t13-/m0/s1. The van der Waals surface area contributed by atoms with Crippen molar-refractivity contribution in [2.45, 2.75) is 38.3 Å². The van der Waals surface area contributed by atoms with Crippen LogP contribution in [0.2, 0.25) is 0 Å². The zero-order chi connectivity index (χ0) is 17.8. The minimum atomic E-state index is 0.0400. The van der Waals surface area contributed by atoms with Crippen LogP contribution in [0, 0.1) is 6.92 Å². The second-order valence-electron chi connectivity index (χ2n) is 6.04. The van der Waals surface area contributed by atoms with E-state index in [0.717, 1.165) is 32.8 Å². The Morgan fingerprint density at radius 2 is 2.04 bits per heavy atom. The highest BCUT2D eigenvalue weighted by molar-refractivity contribution is 8.00. The average molecular weight is 372 g/mol. The van der Waals surface area contributed by atoms with E-state index in [4.69, 9.17) is 0 Å². The van der Waals surface area contributed by atoms with E-state index in [1.54, 1.807) is 17.7 Å². The van der Waals surface area contributed by atoms with Gasteiger partial charge in [0.2, 0.25) is 5.91 Å². The lowest BCUT2D eigenvalue weighted by atomic mass is 10.1. The first kappa shape index (κ1) is 17.9. The second-order valence-corrected chi connectivity index (χ2v) is 7.86. The summed E-state index contributed by atoms with van der Waals surface area (Å²) in [5.41, 5.74) is 3.51. The zero-order valence-electron chi connectivity index (χ0n) is 14.6. The minimum absolute atomic E-state index is 0.0400. The molecule has 4 nitrogen and oxygen atoms in total. The molecule has 0 saturated heterocycles. The first-order chi connectivity index (χ1) is 12.1. The van der Waals surface area contributed by atoms with Crippen LogP contribution in [-0.2, 0) is 4.79 Å². The van der Waals surface area contributed by atoms with Gasteiger partial charge in [0, 0.05) is 17.0 Å². The van der Waals surface area contributed by atoms with Crippen LogP contribution in [-0.4, -0.2) is 27.7 Å². The van der Waals surface area contributed by atoms with E-state index in [9.17, 15) is 4.79 Å². The number of rotatable bonds is 6. The van der Waals surface area contributed by atoms with Crippen molar-refractivity contribution in [1.82, 2.24) is 15.3 Å². The minimum Gasteiger partial charge on any atom is -0.353 e. The van der Waals surface area contributed by atoms with Gasteiger partial charge >= 0.3 is 0 Å². The number of nitrogens with zero attached hydrogens (tertiary/aromatic N) is 2. The summed E-state index contributed by atoms with van der Waals surface area (Å²) in [7, 11) is 0. The maximum Gasteiger partial charge on any atom is 0.230 e. The van der Waals surface area contributed by atoms with Crippen LogP contribution >= 0.6 is 23.1 Å². The molecule has 0 bridgehead atoms. The van der Waals surface area contributed by atoms with Crippen LogP contribution in [0.3, 0.4) is 0 Å². The number of carbonyl (C=O) groups is 1. The molecule has 0 fully saturated rings. The predicted octanol–water partition coefficient (Wildman–Crippen LogP) is 4.67. The fraction of sp³-hybridized carbons (Fsp3) is 0.316. The van der Waals surface area contributed by atoms with Crippen molar-refractivity contribution in [3.05, 3.63) is 41.5 Å². The number of thiophene rings is 1. The highest BCUT2D eigenvalue weighted by Gasteiger charge is 2.15. The quantitative estimate of drug-likeness (QED) is 0.505. The van der Waals surface area contributed by atoms with Gasteiger partial charge in [-0.25, -0.2) is 9.97 Å². The van der Waals surface area contributed by atoms with Gasteiger partial charge in [0.1, 0.15) is 16.2 Å². The van der Waals surface area contributed by atoms with Gasteiger partial charge in [0.15, 0.2) is 0 Å². The van der Waals surface area contributed by atoms with Crippen LogP contribution in [0.1, 0.15) is 25.8 Å². The maximum atomic E-state index is 12.1. The van der Waals surface area contributed by atoms with E-state index in [2.05, 4.69) is 58.8 Å². The Kier molecular flexibility index (Phi) is 5.71. The number of fused-ring (bicyclic) bond motifs is 1. The number of aromatic nitrogens is 2. The number of amides is 1. The fourth-order valence-electron chi connectivity index (χ4n) is 2.46. The SMILES string of the molecule is CC[C@H](C)NC(=O)CSc1ncnc2scc(-c3ccc(C)cc3)c12. The molecule has 0 saturated carbocycles. The fourth-order valence-corrected chi connectivity index (χ4v) is 4.26. The molecule has 1 aromatic carbocycles. The Bertz CT molecular complexity index is 874. The summed E-state index contributed by atoms with van der Waals surface area (Å²) in [6.45, 7) is 6.15. The highest BCUT2D eigenvalue weighted by atomic mass is 32.2. The summed E-state index contributed by atoms with van der Waals surface area (Å²) in [6.07, 6.45) is 2.50. The third-order valence-corrected chi connectivity index (χ3v) is 5.93. The van der Waals surface area contributed by atoms with Gasteiger partial charge in [0.05, 0.1) is 11.1 Å². The number of hydrogen-bond donors (Lipinski definition) is 1. The summed E-state index contributed by atoms with van der Waals surface area (Å²) in [4.78, 5) is 21.9. The molecule has 0 aliphatic carbocycles. The molecule has 3 rings (SSSR count). The van der Waals surface area contributed by atoms with Crippen molar-refractivity contribution >= 4 is 39.2 Å². The van der Waals surface area contributed by atoms with Crippen LogP contribution in [0.15, 0.2) is 41.0 Å². The molecule has 1 N–H and O–H groups in total. The van der Waals surface area contributed by atoms with Crippen molar-refractivity contribution in [2.75, 3.05) is 5.75 Å². The molecule has 1 atom stereocenters. The Balaban J connectivity index is 1.87. The molecule has 0 spiro atoms. The zero-order valence-corrected chi connectivity index (χ0v) is 16.2. The number of benzene rings is 1. The molecule has 3 aromatic rings. The van der Waals surface area contributed by atoms with Gasteiger partial charge in [-0.15, -0.1) is 11.3 Å². The first-order valence-electron chi connectivity index (χ1n) is 8.30. The van der Waals surface area contributed by atoms with Gasteiger partial charge < -0.3 is 5.32 Å². The molecule has 2 aromatic heterocycles. The average Bonchev–Trinajstić information content (AvgIpc) is 3.05. The highest BCUT2D eigenvalue weighted by Crippen LogP contribution is 2.37. The normalized spacial score (nSPS) is 12.3. The molecule has 2 heterocycles. The van der Waals surface area contributed by atoms with Gasteiger partial charge in [-0.2, -0.15) is 0 Å². The Hall–Kier alpha value is -1.92. The lowest BCUT2D eigenvalue weighted by Gasteiger charge is -2.11. The summed E-state index contributed by atoms with van der Waals surface area (Å²) < 4.78 is 0. The molecule has 0 radical (unpaired) electrons. The Morgan fingerprint density at radius 1 is 1.28 bits per heavy atom. The predicted molar refractivity (Wildman–Crippen MR) is 106 cm³/mol. The van der Waals surface area contributed by atoms with Crippen molar-refractivity contribution in [2.24, 2.45) is 0 Å². The van der Waals surface area contributed by atoms with E-state index >= 15 is 0 Å². The lowest BCUT2D eigenvalue weighted by molar-refractivity contribution is -0.119. The summed E-state index contributed by atoms with van der Waals surface area (Å²) in [5, 5.41) is 7.01. The maximum absolute atomic E-state index is 12.1. The van der Waals surface area contributed by atoms with Crippen LogP contribution in [0.25, 0.3) is 21.3 Å². The molecule has 1 amide bonds. The molecule has 130 valence electrons. The topological polar surface area (TPSA) is 54.9 Å². The van der Waals surface area contributed by atoms with E-state index < -0.39 is 0 Å². The summed E-state index contributed by atoms with van der Waals surface area (Å²) in [6, 6.07) is 8.65. The molecular formula is C19H21N3OS2. The Morgan fingerprint density at radius 3 is 2.76 bits per heavy atom. The van der Waals surface area contributed by atoms with Crippen LogP contribution in [0.4, 0.5) is 0 Å². The van der Waals surface area contributed by atoms with E-state index in [0.29, 0.717) is 5.75 Å². The molecule has 0 aliphatic heterocycles. The monoisotopic (exact) mass is 371 g/mol. The van der Waals surface area contributed by atoms with Crippen molar-refractivity contribution in [1.29, 1.82) is 0 Å². The number of nitrogens with one attached hydrogen (secondary N) is 1. The van der Waals surface area contributed by atoms with Crippen molar-refractivity contribution < 1.29 is 4.79 Å². The number of thioether (sulfide) groups is 1. The number of hydrogen-bond acceptors (Lipinski definition) is 5. The van der Waals surface area contributed by atoms with Crippen molar-refractivity contribution in [3.8, 4) is 11.1 Å². The second kappa shape index (κ2) is 7.97. The van der Waals surface area contributed by atoms with E-state index in [1.807, 2.05) is 6.92 Å². The first-order valence-corrected chi connectivity index (χ1v) is 10.2. The van der Waals surface area contributed by atoms with E-state index in [1.165, 1.54) is 17.3 Å². The van der Waals surface area contributed by atoms with Crippen LogP contribution < -0.4 is 5.32 Å². The molecule has 0 aliphatic rings. The number of carbonyl (C=O) groups excluding carboxylic acids is 1. The third-order valence-electron chi connectivity index (χ3n) is 4.06. The lowest BCUT2D eigenvalue weighted by Crippen LogP contribution is -2.33. The van der Waals surface area contributed by atoms with Gasteiger partial charge in [0.25, 0.3) is 0 Å². The number of aryl methyl sites for hydroxylation is 1.